The lowest BCUT2D eigenvalue weighted by atomic mass is 10.1. The molecule has 1 aromatic carbocycles. The molecule has 2 aromatic rings. The van der Waals surface area contributed by atoms with Gasteiger partial charge in [0.1, 0.15) is 12.7 Å². The number of nitrogens with zero attached hydrogens (tertiary/aromatic N) is 4. The molecule has 0 N–H and O–H groups in total. The van der Waals surface area contributed by atoms with E-state index < -0.39 is 23.5 Å². The average molecular weight is 438 g/mol. The maximum atomic E-state index is 13.5. The summed E-state index contributed by atoms with van der Waals surface area (Å²) in [5.41, 5.74) is 1.18. The minimum atomic E-state index is -1.57. The third kappa shape index (κ3) is 3.97. The van der Waals surface area contributed by atoms with Crippen molar-refractivity contribution in [1.82, 2.24) is 14.7 Å². The molecular weight excluding hydrogens is 417 g/mol. The summed E-state index contributed by atoms with van der Waals surface area (Å²) in [6, 6.07) is 1.38. The van der Waals surface area contributed by atoms with E-state index in [1.165, 1.54) is 12.0 Å². The lowest BCUT2D eigenvalue weighted by Crippen LogP contribution is -2.49. The summed E-state index contributed by atoms with van der Waals surface area (Å²) in [5.74, 6) is -4.64. The summed E-state index contributed by atoms with van der Waals surface area (Å²) in [6.45, 7) is 2.78. The SMILES string of the molecule is CO[C@H]1COC(=O)N(c2cnn3c2CN(C(=O)Cc2cc(F)c(F)c(F)c2)[C@@H](C)C3)C1. The largest absolute Gasteiger partial charge is 0.446 e. The van der Waals surface area contributed by atoms with Crippen LogP contribution < -0.4 is 4.90 Å². The van der Waals surface area contributed by atoms with E-state index in [0.29, 0.717) is 17.9 Å². The van der Waals surface area contributed by atoms with Crippen molar-refractivity contribution in [2.75, 3.05) is 25.2 Å². The number of hydrogen-bond acceptors (Lipinski definition) is 5. The zero-order valence-corrected chi connectivity index (χ0v) is 17.0. The minimum Gasteiger partial charge on any atom is -0.446 e. The monoisotopic (exact) mass is 438 g/mol. The predicted molar refractivity (Wildman–Crippen MR) is 102 cm³/mol. The predicted octanol–water partition coefficient (Wildman–Crippen LogP) is 2.25. The molecule has 2 amide bonds. The molecule has 2 atom stereocenters. The summed E-state index contributed by atoms with van der Waals surface area (Å²) in [6.07, 6.45) is 0.425. The number of benzene rings is 1. The number of cyclic esters (lactones) is 1. The van der Waals surface area contributed by atoms with Crippen molar-refractivity contribution >= 4 is 17.7 Å². The highest BCUT2D eigenvalue weighted by atomic mass is 19.2. The van der Waals surface area contributed by atoms with Crippen LogP contribution in [0.4, 0.5) is 23.7 Å². The number of methoxy groups -OCH3 is 1. The van der Waals surface area contributed by atoms with Gasteiger partial charge >= 0.3 is 6.09 Å². The Balaban J connectivity index is 1.56. The van der Waals surface area contributed by atoms with Crippen molar-refractivity contribution in [2.45, 2.75) is 38.6 Å². The van der Waals surface area contributed by atoms with Crippen LogP contribution in [0, 0.1) is 17.5 Å². The molecule has 166 valence electrons. The number of hydrogen-bond donors (Lipinski definition) is 0. The molecule has 0 spiro atoms. The van der Waals surface area contributed by atoms with E-state index >= 15 is 0 Å². The Kier molecular flexibility index (Phi) is 5.61. The molecule has 1 saturated heterocycles. The summed E-state index contributed by atoms with van der Waals surface area (Å²) in [4.78, 5) is 28.1. The molecule has 0 saturated carbocycles. The Morgan fingerprint density at radius 3 is 2.65 bits per heavy atom. The van der Waals surface area contributed by atoms with Crippen molar-refractivity contribution in [3.8, 4) is 0 Å². The molecule has 1 aromatic heterocycles. The standard InChI is InChI=1S/C20H21F3N4O4/c1-11-7-27-17(16(6-24-27)26-8-13(30-2)10-31-20(26)29)9-25(11)18(28)5-12-3-14(21)19(23)15(22)4-12/h3-4,6,11,13H,5,7-10H2,1-2H3/t11-,13+/m0/s1. The van der Waals surface area contributed by atoms with Crippen molar-refractivity contribution in [3.05, 3.63) is 47.0 Å². The normalized spacial score (nSPS) is 21.1. The van der Waals surface area contributed by atoms with E-state index in [0.717, 1.165) is 12.1 Å². The second-order valence-electron chi connectivity index (χ2n) is 7.62. The van der Waals surface area contributed by atoms with E-state index in [2.05, 4.69) is 5.10 Å². The van der Waals surface area contributed by atoms with Gasteiger partial charge < -0.3 is 14.4 Å². The fourth-order valence-corrected chi connectivity index (χ4v) is 3.84. The molecule has 1 fully saturated rings. The van der Waals surface area contributed by atoms with Crippen LogP contribution in [0.25, 0.3) is 0 Å². The van der Waals surface area contributed by atoms with Crippen LogP contribution in [0.3, 0.4) is 0 Å². The van der Waals surface area contributed by atoms with Crippen LogP contribution in [0.2, 0.25) is 0 Å². The van der Waals surface area contributed by atoms with E-state index in [9.17, 15) is 22.8 Å². The molecule has 0 unspecified atom stereocenters. The molecule has 11 heteroatoms. The van der Waals surface area contributed by atoms with Gasteiger partial charge in [0.2, 0.25) is 5.91 Å². The van der Waals surface area contributed by atoms with E-state index in [1.807, 2.05) is 6.92 Å². The van der Waals surface area contributed by atoms with Crippen molar-refractivity contribution in [1.29, 1.82) is 0 Å². The lowest BCUT2D eigenvalue weighted by Gasteiger charge is -2.36. The van der Waals surface area contributed by atoms with Gasteiger partial charge in [-0.3, -0.25) is 14.4 Å². The van der Waals surface area contributed by atoms with Gasteiger partial charge in [-0.2, -0.15) is 5.10 Å². The van der Waals surface area contributed by atoms with Crippen LogP contribution in [0.5, 0.6) is 0 Å². The van der Waals surface area contributed by atoms with Crippen LogP contribution in [-0.2, 0) is 33.8 Å². The molecular formula is C20H21F3N4O4. The van der Waals surface area contributed by atoms with Gasteiger partial charge in [-0.15, -0.1) is 0 Å². The van der Waals surface area contributed by atoms with Gasteiger partial charge in [-0.25, -0.2) is 18.0 Å². The first-order valence-electron chi connectivity index (χ1n) is 9.73. The Morgan fingerprint density at radius 2 is 1.97 bits per heavy atom. The highest BCUT2D eigenvalue weighted by Gasteiger charge is 2.35. The van der Waals surface area contributed by atoms with E-state index in [-0.39, 0.29) is 49.7 Å². The molecule has 0 bridgehead atoms. The molecule has 2 aliphatic rings. The number of carbonyl (C=O) groups excluding carboxylic acids is 2. The molecule has 2 aliphatic heterocycles. The summed E-state index contributed by atoms with van der Waals surface area (Å²) in [7, 11) is 1.53. The van der Waals surface area contributed by atoms with Crippen molar-refractivity contribution in [3.63, 3.8) is 0 Å². The molecule has 0 aliphatic carbocycles. The second kappa shape index (κ2) is 8.22. The molecule has 31 heavy (non-hydrogen) atoms. The Bertz CT molecular complexity index is 1000. The Hall–Kier alpha value is -3.08. The Labute approximate surface area is 176 Å². The third-order valence-electron chi connectivity index (χ3n) is 5.56. The fraction of sp³-hybridized carbons (Fsp3) is 0.450. The molecule has 8 nitrogen and oxygen atoms in total. The molecule has 0 radical (unpaired) electrons. The maximum Gasteiger partial charge on any atom is 0.414 e. The quantitative estimate of drug-likeness (QED) is 0.685. The number of amides is 2. The van der Waals surface area contributed by atoms with E-state index in [1.54, 1.807) is 15.8 Å². The highest BCUT2D eigenvalue weighted by molar-refractivity contribution is 5.89. The zero-order valence-electron chi connectivity index (χ0n) is 17.0. The first-order chi connectivity index (χ1) is 14.8. The number of anilines is 1. The lowest BCUT2D eigenvalue weighted by molar-refractivity contribution is -0.134. The minimum absolute atomic E-state index is 0.0375. The smallest absolute Gasteiger partial charge is 0.414 e. The van der Waals surface area contributed by atoms with Gasteiger partial charge in [0.25, 0.3) is 0 Å². The van der Waals surface area contributed by atoms with Crippen LogP contribution >= 0.6 is 0 Å². The Morgan fingerprint density at radius 1 is 1.26 bits per heavy atom. The van der Waals surface area contributed by atoms with Gasteiger partial charge in [0.05, 0.1) is 43.6 Å². The summed E-state index contributed by atoms with van der Waals surface area (Å²) < 4.78 is 52.4. The van der Waals surface area contributed by atoms with Crippen molar-refractivity contribution < 1.29 is 32.2 Å². The average Bonchev–Trinajstić information content (AvgIpc) is 3.14. The number of carbonyl (C=O) groups is 2. The number of halogens is 3. The number of ether oxygens (including phenoxy) is 2. The number of rotatable bonds is 4. The van der Waals surface area contributed by atoms with Crippen LogP contribution in [-0.4, -0.2) is 59.1 Å². The zero-order chi connectivity index (χ0) is 22.3. The third-order valence-corrected chi connectivity index (χ3v) is 5.56. The van der Waals surface area contributed by atoms with Gasteiger partial charge in [0, 0.05) is 13.2 Å². The first-order valence-corrected chi connectivity index (χ1v) is 9.73. The maximum absolute atomic E-state index is 13.5. The van der Waals surface area contributed by atoms with Crippen LogP contribution in [0.1, 0.15) is 18.2 Å². The van der Waals surface area contributed by atoms with Crippen molar-refractivity contribution in [2.24, 2.45) is 0 Å². The van der Waals surface area contributed by atoms with Gasteiger partial charge in [-0.05, 0) is 24.6 Å². The highest BCUT2D eigenvalue weighted by Crippen LogP contribution is 2.29. The number of fused-ring (bicyclic) bond motifs is 1. The summed E-state index contributed by atoms with van der Waals surface area (Å²) in [5, 5.41) is 4.33. The van der Waals surface area contributed by atoms with Gasteiger partial charge in [0.15, 0.2) is 17.5 Å². The summed E-state index contributed by atoms with van der Waals surface area (Å²) >= 11 is 0. The number of aromatic nitrogens is 2. The fourth-order valence-electron chi connectivity index (χ4n) is 3.84. The molecule has 3 heterocycles. The molecule has 4 rings (SSSR count). The van der Waals surface area contributed by atoms with Crippen LogP contribution in [0.15, 0.2) is 18.3 Å². The van der Waals surface area contributed by atoms with Gasteiger partial charge in [-0.1, -0.05) is 0 Å². The first kappa shape index (κ1) is 21.2. The van der Waals surface area contributed by atoms with E-state index in [4.69, 9.17) is 9.47 Å². The topological polar surface area (TPSA) is 76.9 Å². The second-order valence-corrected chi connectivity index (χ2v) is 7.62.